The van der Waals surface area contributed by atoms with Crippen LogP contribution in [0, 0.1) is 0 Å². The number of aromatic nitrogens is 2. The van der Waals surface area contributed by atoms with Crippen LogP contribution in [-0.2, 0) is 32.1 Å². The Kier molecular flexibility index (Phi) is 10.1. The van der Waals surface area contributed by atoms with Crippen LogP contribution >= 0.6 is 0 Å². The number of methoxy groups -OCH3 is 1. The van der Waals surface area contributed by atoms with E-state index in [9.17, 15) is 4.79 Å². The number of imidazole rings is 1. The summed E-state index contributed by atoms with van der Waals surface area (Å²) in [5.41, 5.74) is 2.45. The van der Waals surface area contributed by atoms with Gasteiger partial charge in [0.25, 0.3) is 0 Å². The van der Waals surface area contributed by atoms with E-state index >= 15 is 0 Å². The molecule has 0 N–H and O–H groups in total. The predicted octanol–water partition coefficient (Wildman–Crippen LogP) is 4.50. The average molecular weight is 505 g/mol. The maximum absolute atomic E-state index is 12.2. The van der Waals surface area contributed by atoms with Crippen LogP contribution in [0.3, 0.4) is 0 Å². The van der Waals surface area contributed by atoms with Crippen molar-refractivity contribution in [1.82, 2.24) is 9.55 Å². The number of fused-ring (bicyclic) bond motifs is 1. The van der Waals surface area contributed by atoms with Gasteiger partial charge in [0.05, 0.1) is 39.4 Å². The van der Waals surface area contributed by atoms with Gasteiger partial charge < -0.3 is 28.3 Å². The first-order valence-electron chi connectivity index (χ1n) is 12.2. The zero-order valence-corrected chi connectivity index (χ0v) is 21.0. The minimum absolute atomic E-state index is 0.157. The van der Waals surface area contributed by atoms with Crippen LogP contribution in [0.15, 0.2) is 79.3 Å². The molecule has 0 fully saturated rings. The van der Waals surface area contributed by atoms with Crippen molar-refractivity contribution >= 4 is 16.7 Å². The first-order valence-corrected chi connectivity index (χ1v) is 12.2. The second-order valence-corrected chi connectivity index (χ2v) is 8.40. The van der Waals surface area contributed by atoms with Gasteiger partial charge in [-0.25, -0.2) is 9.78 Å². The van der Waals surface area contributed by atoms with Crippen molar-refractivity contribution in [2.24, 2.45) is 0 Å². The van der Waals surface area contributed by atoms with Gasteiger partial charge >= 0.3 is 5.97 Å². The van der Waals surface area contributed by atoms with Crippen molar-refractivity contribution in [2.45, 2.75) is 13.2 Å². The molecule has 194 valence electrons. The third-order valence-corrected chi connectivity index (χ3v) is 5.61. The van der Waals surface area contributed by atoms with Gasteiger partial charge in [0.15, 0.2) is 5.69 Å². The predicted molar refractivity (Wildman–Crippen MR) is 140 cm³/mol. The molecule has 0 aliphatic rings. The Bertz CT molecular complexity index is 1250. The third kappa shape index (κ3) is 8.42. The number of hydrogen-bond donors (Lipinski definition) is 0. The van der Waals surface area contributed by atoms with E-state index < -0.39 is 5.97 Å². The lowest BCUT2D eigenvalue weighted by molar-refractivity contribution is 0.00550. The second kappa shape index (κ2) is 14.1. The van der Waals surface area contributed by atoms with E-state index in [1.807, 2.05) is 41.0 Å². The van der Waals surface area contributed by atoms with Gasteiger partial charge in [-0.1, -0.05) is 48.5 Å². The van der Waals surface area contributed by atoms with E-state index in [0.717, 1.165) is 16.9 Å². The summed E-state index contributed by atoms with van der Waals surface area (Å²) in [7, 11) is 1.62. The Labute approximate surface area is 216 Å². The average Bonchev–Trinajstić information content (AvgIpc) is 3.40. The van der Waals surface area contributed by atoms with E-state index in [-0.39, 0.29) is 12.3 Å². The van der Waals surface area contributed by atoms with Gasteiger partial charge in [0.2, 0.25) is 0 Å². The maximum atomic E-state index is 12.2. The molecule has 1 aromatic heterocycles. The van der Waals surface area contributed by atoms with E-state index in [4.69, 9.17) is 23.7 Å². The molecule has 4 rings (SSSR count). The van der Waals surface area contributed by atoms with Crippen LogP contribution in [-0.4, -0.2) is 62.3 Å². The Morgan fingerprint density at radius 2 is 1.51 bits per heavy atom. The van der Waals surface area contributed by atoms with Gasteiger partial charge in [0.1, 0.15) is 19.0 Å². The van der Waals surface area contributed by atoms with Crippen molar-refractivity contribution < 1.29 is 28.5 Å². The molecular formula is C29H32N2O6. The number of hydrogen-bond acceptors (Lipinski definition) is 7. The summed E-state index contributed by atoms with van der Waals surface area (Å²) >= 11 is 0. The minimum Gasteiger partial charge on any atom is -0.489 e. The van der Waals surface area contributed by atoms with Crippen LogP contribution in [0.2, 0.25) is 0 Å². The quantitative estimate of drug-likeness (QED) is 0.174. The summed E-state index contributed by atoms with van der Waals surface area (Å²) in [5.74, 6) is 0.326. The topological polar surface area (TPSA) is 81.0 Å². The first kappa shape index (κ1) is 26.3. The minimum atomic E-state index is -0.476. The van der Waals surface area contributed by atoms with Crippen LogP contribution in [0.5, 0.6) is 5.75 Å². The number of carbonyl (C=O) groups is 1. The van der Waals surface area contributed by atoms with E-state index in [2.05, 4.69) is 35.3 Å². The smallest absolute Gasteiger partial charge is 0.358 e. The van der Waals surface area contributed by atoms with Crippen molar-refractivity contribution in [3.63, 3.8) is 0 Å². The van der Waals surface area contributed by atoms with Crippen molar-refractivity contribution in [3.05, 3.63) is 96.1 Å². The molecule has 0 atom stereocenters. The molecule has 0 spiro atoms. The number of rotatable bonds is 15. The number of esters is 1. The van der Waals surface area contributed by atoms with Crippen molar-refractivity contribution in [1.29, 1.82) is 0 Å². The lowest BCUT2D eigenvalue weighted by Crippen LogP contribution is -2.14. The van der Waals surface area contributed by atoms with E-state index in [1.165, 1.54) is 10.8 Å². The molecule has 1 heterocycles. The van der Waals surface area contributed by atoms with Crippen LogP contribution in [0.1, 0.15) is 21.6 Å². The highest BCUT2D eigenvalue weighted by atomic mass is 16.6. The Morgan fingerprint density at radius 3 is 2.30 bits per heavy atom. The molecule has 37 heavy (non-hydrogen) atoms. The highest BCUT2D eigenvalue weighted by Gasteiger charge is 2.11. The maximum Gasteiger partial charge on any atom is 0.358 e. The van der Waals surface area contributed by atoms with Gasteiger partial charge in [0, 0.05) is 19.9 Å². The van der Waals surface area contributed by atoms with Crippen LogP contribution in [0.25, 0.3) is 10.8 Å². The third-order valence-electron chi connectivity index (χ3n) is 5.61. The van der Waals surface area contributed by atoms with Gasteiger partial charge in [-0.2, -0.15) is 0 Å². The molecule has 3 aromatic carbocycles. The summed E-state index contributed by atoms with van der Waals surface area (Å²) in [5, 5.41) is 2.42. The lowest BCUT2D eigenvalue weighted by Gasteiger charge is -2.09. The molecule has 0 radical (unpaired) electrons. The summed E-state index contributed by atoms with van der Waals surface area (Å²) in [6, 6.07) is 22.5. The lowest BCUT2D eigenvalue weighted by atomic mass is 10.1. The first-order chi connectivity index (χ1) is 18.2. The molecule has 0 unspecified atom stereocenters. The molecule has 0 saturated carbocycles. The standard InChI is InChI=1S/C29H32N2O6/c1-33-12-13-34-14-15-35-16-17-36-29(32)28-20-31(22-30-28)19-23-7-10-27(11-8-23)37-21-24-6-9-25-4-2-3-5-26(25)18-24/h2-11,18,20,22H,12-17,19,21H2,1H3. The normalized spacial score (nSPS) is 11.1. The monoisotopic (exact) mass is 504 g/mol. The van der Waals surface area contributed by atoms with Crippen LogP contribution in [0.4, 0.5) is 0 Å². The second-order valence-electron chi connectivity index (χ2n) is 8.40. The van der Waals surface area contributed by atoms with Crippen LogP contribution < -0.4 is 4.74 Å². The molecule has 0 amide bonds. The Morgan fingerprint density at radius 1 is 0.811 bits per heavy atom. The van der Waals surface area contributed by atoms with E-state index in [1.54, 1.807) is 19.6 Å². The number of benzene rings is 3. The zero-order valence-electron chi connectivity index (χ0n) is 21.0. The largest absolute Gasteiger partial charge is 0.489 e. The van der Waals surface area contributed by atoms with Gasteiger partial charge in [-0.15, -0.1) is 0 Å². The summed E-state index contributed by atoms with van der Waals surface area (Å²) in [6.45, 7) is 3.53. The Hall–Kier alpha value is -3.72. The molecule has 4 aromatic rings. The fraction of sp³-hybridized carbons (Fsp3) is 0.310. The Balaban J connectivity index is 1.17. The summed E-state index contributed by atoms with van der Waals surface area (Å²) < 4.78 is 28.6. The zero-order chi connectivity index (χ0) is 25.7. The molecule has 8 heteroatoms. The molecule has 0 aliphatic carbocycles. The summed E-state index contributed by atoms with van der Waals surface area (Å²) in [6.07, 6.45) is 3.30. The molecule has 0 aliphatic heterocycles. The van der Waals surface area contributed by atoms with Crippen molar-refractivity contribution in [2.75, 3.05) is 46.8 Å². The fourth-order valence-corrected chi connectivity index (χ4v) is 3.68. The number of nitrogens with zero attached hydrogens (tertiary/aromatic N) is 2. The molecule has 8 nitrogen and oxygen atoms in total. The van der Waals surface area contributed by atoms with Crippen molar-refractivity contribution in [3.8, 4) is 5.75 Å². The van der Waals surface area contributed by atoms with Gasteiger partial charge in [-0.05, 0) is 40.1 Å². The highest BCUT2D eigenvalue weighted by Crippen LogP contribution is 2.19. The SMILES string of the molecule is COCCOCCOCCOC(=O)c1cn(Cc2ccc(OCc3ccc4ccccc4c3)cc2)cn1. The molecular weight excluding hydrogens is 472 g/mol. The number of carbonyl (C=O) groups excluding carboxylic acids is 1. The fourth-order valence-electron chi connectivity index (χ4n) is 3.68. The summed E-state index contributed by atoms with van der Waals surface area (Å²) in [4.78, 5) is 16.4. The molecule has 0 saturated heterocycles. The number of ether oxygens (including phenoxy) is 5. The van der Waals surface area contributed by atoms with E-state index in [0.29, 0.717) is 46.2 Å². The molecule has 0 bridgehead atoms. The highest BCUT2D eigenvalue weighted by molar-refractivity contribution is 5.86. The van der Waals surface area contributed by atoms with Gasteiger partial charge in [-0.3, -0.25) is 0 Å².